The molecule has 0 spiro atoms. The lowest BCUT2D eigenvalue weighted by atomic mass is 9.95. The summed E-state index contributed by atoms with van der Waals surface area (Å²) >= 11 is 0. The molecule has 224 valence electrons. The van der Waals surface area contributed by atoms with Crippen molar-refractivity contribution in [2.45, 2.75) is 90.5 Å². The smallest absolute Gasteiger partial charge is 0.424 e. The van der Waals surface area contributed by atoms with E-state index in [0.717, 1.165) is 31.2 Å². The van der Waals surface area contributed by atoms with Crippen LogP contribution in [-0.4, -0.2) is 57.9 Å². The summed E-state index contributed by atoms with van der Waals surface area (Å²) in [6.07, 6.45) is 2.66. The van der Waals surface area contributed by atoms with E-state index in [0.29, 0.717) is 29.8 Å². The van der Waals surface area contributed by atoms with Gasteiger partial charge in [-0.15, -0.1) is 0 Å². The molecule has 5 amide bonds. The molecule has 2 aromatic carbocycles. The largest absolute Gasteiger partial charge is 0.444 e. The van der Waals surface area contributed by atoms with Gasteiger partial charge in [0, 0.05) is 6.54 Å². The van der Waals surface area contributed by atoms with Gasteiger partial charge in [0.05, 0.1) is 17.2 Å². The van der Waals surface area contributed by atoms with E-state index in [2.05, 4.69) is 12.2 Å². The monoisotopic (exact) mass is 577 g/mol. The van der Waals surface area contributed by atoms with Gasteiger partial charge in [-0.05, 0) is 69.7 Å². The number of hydrogen-bond acceptors (Lipinski definition) is 7. The van der Waals surface area contributed by atoms with E-state index < -0.39 is 35.6 Å². The zero-order chi connectivity index (χ0) is 30.4. The maximum Gasteiger partial charge on any atom is 0.424 e. The van der Waals surface area contributed by atoms with Crippen molar-refractivity contribution in [2.24, 2.45) is 0 Å². The first-order chi connectivity index (χ1) is 20.0. The van der Waals surface area contributed by atoms with Gasteiger partial charge in [0.25, 0.3) is 11.8 Å². The molecule has 0 bridgehead atoms. The zero-order valence-electron chi connectivity index (χ0n) is 24.7. The molecule has 2 aliphatic heterocycles. The van der Waals surface area contributed by atoms with Gasteiger partial charge in [-0.2, -0.15) is 4.90 Å². The number of fused-ring (bicyclic) bond motifs is 1. The third kappa shape index (κ3) is 7.16. The number of carbonyl (C=O) groups excluding carboxylic acids is 5. The Morgan fingerprint density at radius 1 is 1.00 bits per heavy atom. The first-order valence-electron chi connectivity index (χ1n) is 14.5. The number of benzene rings is 2. The van der Waals surface area contributed by atoms with E-state index in [1.165, 1.54) is 6.07 Å². The third-order valence-corrected chi connectivity index (χ3v) is 7.30. The number of nitrogens with one attached hydrogen (secondary N) is 1. The molecular weight excluding hydrogens is 538 g/mol. The Balaban J connectivity index is 1.55. The van der Waals surface area contributed by atoms with Crippen LogP contribution in [0.2, 0.25) is 0 Å². The Morgan fingerprint density at radius 2 is 1.71 bits per heavy atom. The van der Waals surface area contributed by atoms with Crippen LogP contribution in [0.5, 0.6) is 0 Å². The summed E-state index contributed by atoms with van der Waals surface area (Å²) in [5, 5.41) is 2.74. The molecule has 0 aromatic heterocycles. The molecule has 0 aliphatic carbocycles. The number of imide groups is 3. The second-order valence-electron chi connectivity index (χ2n) is 11.7. The number of unbranched alkanes of at least 4 members (excludes halogenated alkanes) is 1. The predicted octanol–water partition coefficient (Wildman–Crippen LogP) is 5.76. The molecule has 2 aliphatic rings. The number of hydrogen-bond donors (Lipinski definition) is 1. The van der Waals surface area contributed by atoms with E-state index in [1.807, 2.05) is 6.07 Å². The van der Waals surface area contributed by atoms with Gasteiger partial charge < -0.3 is 19.7 Å². The first-order valence-corrected chi connectivity index (χ1v) is 14.5. The van der Waals surface area contributed by atoms with Crippen molar-refractivity contribution >= 4 is 29.9 Å². The van der Waals surface area contributed by atoms with Gasteiger partial charge in [-0.25, -0.2) is 9.59 Å². The molecular formula is C32H39N3O7. The van der Waals surface area contributed by atoms with Gasteiger partial charge in [0.1, 0.15) is 18.2 Å². The average molecular weight is 578 g/mol. The fraction of sp³-hybridized carbons (Fsp3) is 0.469. The molecule has 2 unspecified atom stereocenters. The van der Waals surface area contributed by atoms with Crippen LogP contribution < -0.4 is 5.32 Å². The maximum absolute atomic E-state index is 13.8. The number of carbonyl (C=O) groups is 5. The van der Waals surface area contributed by atoms with E-state index >= 15 is 0 Å². The SMILES string of the molecule is CCCCC(c1ccc2c(c1)C(=O)N(C(=O)OCc1ccccc1)C2=O)N1CCCCC(NC(=O)OC(C)(C)C)C1=O. The van der Waals surface area contributed by atoms with Crippen LogP contribution in [-0.2, 0) is 20.9 Å². The molecule has 10 heteroatoms. The van der Waals surface area contributed by atoms with Crippen LogP contribution in [0.25, 0.3) is 0 Å². The molecule has 2 aromatic rings. The Morgan fingerprint density at radius 3 is 2.40 bits per heavy atom. The third-order valence-electron chi connectivity index (χ3n) is 7.30. The minimum Gasteiger partial charge on any atom is -0.444 e. The lowest BCUT2D eigenvalue weighted by Gasteiger charge is -2.34. The van der Waals surface area contributed by atoms with Crippen molar-refractivity contribution in [3.63, 3.8) is 0 Å². The predicted molar refractivity (Wildman–Crippen MR) is 155 cm³/mol. The molecule has 2 heterocycles. The highest BCUT2D eigenvalue weighted by Gasteiger charge is 2.42. The van der Waals surface area contributed by atoms with Crippen LogP contribution in [0.1, 0.15) is 104 Å². The molecule has 1 fully saturated rings. The Kier molecular flexibility index (Phi) is 9.65. The number of ether oxygens (including phenoxy) is 2. The molecule has 1 N–H and O–H groups in total. The molecule has 10 nitrogen and oxygen atoms in total. The highest BCUT2D eigenvalue weighted by molar-refractivity contribution is 6.28. The minimum absolute atomic E-state index is 0.0764. The molecule has 1 saturated heterocycles. The summed E-state index contributed by atoms with van der Waals surface area (Å²) in [6.45, 7) is 7.75. The highest BCUT2D eigenvalue weighted by atomic mass is 16.6. The lowest BCUT2D eigenvalue weighted by Crippen LogP contribution is -2.49. The van der Waals surface area contributed by atoms with E-state index in [4.69, 9.17) is 9.47 Å². The molecule has 0 radical (unpaired) electrons. The summed E-state index contributed by atoms with van der Waals surface area (Å²) in [6, 6.07) is 12.7. The van der Waals surface area contributed by atoms with Crippen LogP contribution in [0, 0.1) is 0 Å². The first kappa shape index (κ1) is 30.7. The van der Waals surface area contributed by atoms with Crippen LogP contribution in [0.3, 0.4) is 0 Å². The Hall–Kier alpha value is -4.21. The van der Waals surface area contributed by atoms with Gasteiger partial charge in [0.15, 0.2) is 0 Å². The van der Waals surface area contributed by atoms with Crippen molar-refractivity contribution in [2.75, 3.05) is 6.54 Å². The van der Waals surface area contributed by atoms with Crippen LogP contribution in [0.4, 0.5) is 9.59 Å². The van der Waals surface area contributed by atoms with Crippen molar-refractivity contribution < 1.29 is 33.4 Å². The van der Waals surface area contributed by atoms with Crippen molar-refractivity contribution in [1.82, 2.24) is 15.1 Å². The average Bonchev–Trinajstić information content (AvgIpc) is 3.06. The standard InChI is InChI=1S/C32H39N3O7/c1-5-6-15-26(34-18-11-10-14-25(29(34)38)33-30(39)42-32(2,3)4)22-16-17-23-24(19-22)28(37)35(27(23)36)31(40)41-20-21-12-8-7-9-13-21/h7-9,12-13,16-17,19,25-26H,5-6,10-11,14-15,18,20H2,1-4H3,(H,33,39). The van der Waals surface area contributed by atoms with Crippen molar-refractivity contribution in [3.05, 3.63) is 70.8 Å². The normalized spacial score (nSPS) is 17.9. The number of alkyl carbamates (subject to hydrolysis) is 1. The van der Waals surface area contributed by atoms with Crippen LogP contribution >= 0.6 is 0 Å². The highest BCUT2D eigenvalue weighted by Crippen LogP contribution is 2.33. The maximum atomic E-state index is 13.8. The lowest BCUT2D eigenvalue weighted by molar-refractivity contribution is -0.135. The summed E-state index contributed by atoms with van der Waals surface area (Å²) in [5.41, 5.74) is 0.930. The Bertz CT molecular complexity index is 1340. The zero-order valence-corrected chi connectivity index (χ0v) is 24.7. The number of amides is 5. The summed E-state index contributed by atoms with van der Waals surface area (Å²) in [5.74, 6) is -1.71. The summed E-state index contributed by atoms with van der Waals surface area (Å²) in [7, 11) is 0. The van der Waals surface area contributed by atoms with Gasteiger partial charge in [-0.1, -0.05) is 56.2 Å². The second kappa shape index (κ2) is 13.2. The molecule has 4 rings (SSSR count). The second-order valence-corrected chi connectivity index (χ2v) is 11.7. The Labute approximate surface area is 246 Å². The topological polar surface area (TPSA) is 122 Å². The van der Waals surface area contributed by atoms with E-state index in [-0.39, 0.29) is 29.7 Å². The van der Waals surface area contributed by atoms with Gasteiger partial charge >= 0.3 is 12.2 Å². The number of rotatable bonds is 8. The summed E-state index contributed by atoms with van der Waals surface area (Å²) in [4.78, 5) is 67.7. The molecule has 2 atom stereocenters. The fourth-order valence-electron chi connectivity index (χ4n) is 5.27. The molecule has 42 heavy (non-hydrogen) atoms. The van der Waals surface area contributed by atoms with Crippen molar-refractivity contribution in [1.29, 1.82) is 0 Å². The van der Waals surface area contributed by atoms with Crippen LogP contribution in [0.15, 0.2) is 48.5 Å². The quantitative estimate of drug-likeness (QED) is 0.396. The number of nitrogens with zero attached hydrogens (tertiary/aromatic N) is 2. The fourth-order valence-corrected chi connectivity index (χ4v) is 5.27. The van der Waals surface area contributed by atoms with Gasteiger partial charge in [0.2, 0.25) is 5.91 Å². The number of likely N-dealkylation sites (tertiary alicyclic amines) is 1. The molecule has 0 saturated carbocycles. The summed E-state index contributed by atoms with van der Waals surface area (Å²) < 4.78 is 10.6. The van der Waals surface area contributed by atoms with Crippen molar-refractivity contribution in [3.8, 4) is 0 Å². The minimum atomic E-state index is -1.03. The van der Waals surface area contributed by atoms with E-state index in [1.54, 1.807) is 62.1 Å². The van der Waals surface area contributed by atoms with E-state index in [9.17, 15) is 24.0 Å². The van der Waals surface area contributed by atoms with Gasteiger partial charge in [-0.3, -0.25) is 14.4 Å².